The van der Waals surface area contributed by atoms with Crippen LogP contribution < -0.4 is 0 Å². The van der Waals surface area contributed by atoms with Gasteiger partial charge in [-0.05, 0) is 30.3 Å². The molecule has 0 aliphatic rings. The largest absolute Gasteiger partial charge is 0.417 e. The van der Waals surface area contributed by atoms with Crippen LogP contribution in [0.2, 0.25) is 10.0 Å². The van der Waals surface area contributed by atoms with E-state index in [0.717, 1.165) is 6.07 Å². The van der Waals surface area contributed by atoms with E-state index in [2.05, 4.69) is 11.1 Å². The van der Waals surface area contributed by atoms with Crippen molar-refractivity contribution in [2.45, 2.75) is 11.1 Å². The molecule has 4 aromatic rings. The molecular formula is C21H10Cl2F3N2O3S. The number of carbonyl (C=O) groups excluding carboxylic acids is 1. The van der Waals surface area contributed by atoms with Crippen molar-refractivity contribution in [3.8, 4) is 0 Å². The summed E-state index contributed by atoms with van der Waals surface area (Å²) in [7, 11) is -4.50. The maximum Gasteiger partial charge on any atom is 0.417 e. The fourth-order valence-electron chi connectivity index (χ4n) is 3.11. The third-order valence-electron chi connectivity index (χ3n) is 4.57. The summed E-state index contributed by atoms with van der Waals surface area (Å²) in [5, 5.41) is -0.239. The van der Waals surface area contributed by atoms with E-state index in [9.17, 15) is 26.4 Å². The third-order valence-corrected chi connectivity index (χ3v) is 6.93. The standard InChI is InChI=1S/C21H10Cl2F3N2O3S/c22-14-7-4-8-15(23)19(14)20(29)18-10-16-17(9-12(11-27-16)21(24,25)26)28(18)32(30,31)13-5-2-1-3-6-13/h1-7,9-11H. The minimum Gasteiger partial charge on any atom is -0.287 e. The Bertz CT molecular complexity index is 1450. The molecule has 2 aromatic carbocycles. The quantitative estimate of drug-likeness (QED) is 0.342. The molecule has 0 spiro atoms. The third kappa shape index (κ3) is 3.76. The Kier molecular flexibility index (Phi) is 5.52. The van der Waals surface area contributed by atoms with Crippen molar-refractivity contribution in [2.75, 3.05) is 0 Å². The number of carbonyl (C=O) groups is 1. The van der Waals surface area contributed by atoms with E-state index >= 15 is 0 Å². The molecule has 1 radical (unpaired) electrons. The molecule has 5 nitrogen and oxygen atoms in total. The zero-order chi connectivity index (χ0) is 23.3. The van der Waals surface area contributed by atoms with Gasteiger partial charge in [-0.25, -0.2) is 12.4 Å². The van der Waals surface area contributed by atoms with Crippen LogP contribution >= 0.6 is 23.2 Å². The summed E-state index contributed by atoms with van der Waals surface area (Å²) >= 11 is 12.2. The molecule has 0 amide bonds. The summed E-state index contributed by atoms with van der Waals surface area (Å²) in [6.45, 7) is 0. The molecule has 0 aliphatic carbocycles. The predicted octanol–water partition coefficient (Wildman–Crippen LogP) is 5.63. The van der Waals surface area contributed by atoms with Crippen LogP contribution in [0.5, 0.6) is 0 Å². The molecule has 0 saturated carbocycles. The van der Waals surface area contributed by atoms with Gasteiger partial charge in [0.1, 0.15) is 5.69 Å². The van der Waals surface area contributed by atoms with Crippen molar-refractivity contribution in [1.29, 1.82) is 0 Å². The number of benzene rings is 2. The van der Waals surface area contributed by atoms with Crippen LogP contribution in [0.1, 0.15) is 21.6 Å². The first-order valence-corrected chi connectivity index (χ1v) is 11.0. The highest BCUT2D eigenvalue weighted by Gasteiger charge is 2.34. The summed E-state index contributed by atoms with van der Waals surface area (Å²) < 4.78 is 67.3. The van der Waals surface area contributed by atoms with Gasteiger partial charge in [0.2, 0.25) is 5.78 Å². The van der Waals surface area contributed by atoms with E-state index < -0.39 is 38.8 Å². The molecule has 163 valence electrons. The fraction of sp³-hybridized carbons (Fsp3) is 0.0476. The second kappa shape index (κ2) is 7.91. The van der Waals surface area contributed by atoms with Crippen LogP contribution in [-0.2, 0) is 16.2 Å². The van der Waals surface area contributed by atoms with Crippen LogP contribution in [-0.4, -0.2) is 23.2 Å². The normalized spacial score (nSPS) is 12.3. The lowest BCUT2D eigenvalue weighted by atomic mass is 10.1. The minimum atomic E-state index is -4.78. The van der Waals surface area contributed by atoms with E-state index in [4.69, 9.17) is 23.2 Å². The second-order valence-corrected chi connectivity index (χ2v) is 9.15. The van der Waals surface area contributed by atoms with Crippen LogP contribution in [0.4, 0.5) is 13.2 Å². The first-order valence-electron chi connectivity index (χ1n) is 8.81. The Morgan fingerprint density at radius 2 is 1.75 bits per heavy atom. The topological polar surface area (TPSA) is 69.0 Å². The van der Waals surface area contributed by atoms with Crippen molar-refractivity contribution in [2.24, 2.45) is 0 Å². The molecule has 2 heterocycles. The van der Waals surface area contributed by atoms with Gasteiger partial charge in [-0.15, -0.1) is 0 Å². The van der Waals surface area contributed by atoms with Crippen LogP contribution in [0, 0.1) is 6.07 Å². The zero-order valence-corrected chi connectivity index (χ0v) is 18.0. The highest BCUT2D eigenvalue weighted by atomic mass is 35.5. The van der Waals surface area contributed by atoms with Crippen molar-refractivity contribution < 1.29 is 26.4 Å². The molecule has 2 aromatic heterocycles. The SMILES string of the molecule is O=C(c1c(Cl)[c]ccc1Cl)c1cc2ncc(C(F)(F)F)cc2n1S(=O)(=O)c1ccccc1. The molecule has 0 unspecified atom stereocenters. The van der Waals surface area contributed by atoms with Gasteiger partial charge in [0.25, 0.3) is 10.0 Å². The van der Waals surface area contributed by atoms with Gasteiger partial charge in [-0.2, -0.15) is 13.2 Å². The summed E-state index contributed by atoms with van der Waals surface area (Å²) in [6.07, 6.45) is -4.22. The van der Waals surface area contributed by atoms with Crippen molar-refractivity contribution in [1.82, 2.24) is 8.96 Å². The van der Waals surface area contributed by atoms with Gasteiger partial charge in [0.05, 0.1) is 37.1 Å². The van der Waals surface area contributed by atoms with Gasteiger partial charge in [-0.3, -0.25) is 9.78 Å². The van der Waals surface area contributed by atoms with Crippen molar-refractivity contribution in [3.05, 3.63) is 93.7 Å². The van der Waals surface area contributed by atoms with E-state index in [1.807, 2.05) is 0 Å². The highest BCUT2D eigenvalue weighted by Crippen LogP contribution is 2.34. The second-order valence-electron chi connectivity index (χ2n) is 6.58. The maximum atomic E-state index is 13.4. The molecule has 0 N–H and O–H groups in total. The lowest BCUT2D eigenvalue weighted by molar-refractivity contribution is -0.137. The molecule has 32 heavy (non-hydrogen) atoms. The molecule has 11 heteroatoms. The summed E-state index contributed by atoms with van der Waals surface area (Å²) in [6, 6.07) is 14.0. The number of fused-ring (bicyclic) bond motifs is 1. The minimum absolute atomic E-state index is 0.0726. The molecule has 0 fully saturated rings. The Labute approximate surface area is 190 Å². The van der Waals surface area contributed by atoms with Crippen LogP contribution in [0.25, 0.3) is 11.0 Å². The monoisotopic (exact) mass is 497 g/mol. The average Bonchev–Trinajstić information content (AvgIpc) is 3.13. The molecule has 0 bridgehead atoms. The number of halogens is 5. The van der Waals surface area contributed by atoms with Gasteiger partial charge in [-0.1, -0.05) is 47.5 Å². The van der Waals surface area contributed by atoms with Crippen molar-refractivity contribution in [3.63, 3.8) is 0 Å². The van der Waals surface area contributed by atoms with E-state index in [1.165, 1.54) is 36.4 Å². The Morgan fingerprint density at radius 3 is 2.38 bits per heavy atom. The summed E-state index contributed by atoms with van der Waals surface area (Å²) in [4.78, 5) is 16.8. The number of hydrogen-bond donors (Lipinski definition) is 0. The predicted molar refractivity (Wildman–Crippen MR) is 112 cm³/mol. The Hall–Kier alpha value is -2.88. The van der Waals surface area contributed by atoms with Crippen LogP contribution in [0.15, 0.2) is 65.7 Å². The number of alkyl halides is 3. The first kappa shape index (κ1) is 22.3. The molecule has 0 atom stereocenters. The van der Waals surface area contributed by atoms with E-state index in [0.29, 0.717) is 16.2 Å². The van der Waals surface area contributed by atoms with Gasteiger partial charge < -0.3 is 0 Å². The maximum absolute atomic E-state index is 13.4. The van der Waals surface area contributed by atoms with E-state index in [1.54, 1.807) is 6.07 Å². The smallest absolute Gasteiger partial charge is 0.287 e. The summed E-state index contributed by atoms with van der Waals surface area (Å²) in [5.41, 5.74) is -2.43. The van der Waals surface area contributed by atoms with Gasteiger partial charge in [0.15, 0.2) is 0 Å². The number of hydrogen-bond acceptors (Lipinski definition) is 4. The number of ketones is 1. The van der Waals surface area contributed by atoms with Gasteiger partial charge >= 0.3 is 6.18 Å². The molecular weight excluding hydrogens is 488 g/mol. The number of rotatable bonds is 4. The zero-order valence-electron chi connectivity index (χ0n) is 15.7. The summed E-state index contributed by atoms with van der Waals surface area (Å²) in [5.74, 6) is -0.914. The first-order chi connectivity index (χ1) is 15.0. The van der Waals surface area contributed by atoms with Gasteiger partial charge in [0, 0.05) is 12.3 Å². The van der Waals surface area contributed by atoms with Crippen molar-refractivity contribution >= 4 is 50.0 Å². The molecule has 0 saturated heterocycles. The Morgan fingerprint density at radius 1 is 1.06 bits per heavy atom. The highest BCUT2D eigenvalue weighted by molar-refractivity contribution is 7.90. The number of aromatic nitrogens is 2. The lowest BCUT2D eigenvalue weighted by Crippen LogP contribution is -2.19. The number of pyridine rings is 1. The fourth-order valence-corrected chi connectivity index (χ4v) is 5.16. The van der Waals surface area contributed by atoms with Crippen LogP contribution in [0.3, 0.4) is 0 Å². The molecule has 0 aliphatic heterocycles. The Balaban J connectivity index is 2.08. The lowest BCUT2D eigenvalue weighted by Gasteiger charge is -2.13. The molecule has 4 rings (SSSR count). The average molecular weight is 498 g/mol. The van der Waals surface area contributed by atoms with E-state index in [-0.39, 0.29) is 26.0 Å². The number of nitrogens with zero attached hydrogens (tertiary/aromatic N) is 2.